The van der Waals surface area contributed by atoms with E-state index in [1.807, 2.05) is 13.8 Å². The van der Waals surface area contributed by atoms with Crippen molar-refractivity contribution >= 4 is 17.3 Å². The summed E-state index contributed by atoms with van der Waals surface area (Å²) in [6, 6.07) is 4.03. The lowest BCUT2D eigenvalue weighted by Crippen LogP contribution is -2.29. The molecule has 0 aliphatic heterocycles. The molecular formula is C13H19N3O4. The number of carbonyl (C=O) groups is 1. The van der Waals surface area contributed by atoms with Gasteiger partial charge in [0.1, 0.15) is 5.69 Å². The molecule has 0 fully saturated rings. The number of carboxylic acid groups (broad SMARTS) is 1. The summed E-state index contributed by atoms with van der Waals surface area (Å²) in [4.78, 5) is 23.7. The van der Waals surface area contributed by atoms with Gasteiger partial charge in [0.2, 0.25) is 0 Å². The van der Waals surface area contributed by atoms with Crippen LogP contribution in [0.25, 0.3) is 0 Å². The molecule has 0 amide bonds. The molecule has 1 aromatic carbocycles. The van der Waals surface area contributed by atoms with E-state index in [2.05, 4.69) is 10.2 Å². The normalized spacial score (nSPS) is 10.6. The first kappa shape index (κ1) is 15.9. The van der Waals surface area contributed by atoms with Gasteiger partial charge in [0.15, 0.2) is 0 Å². The van der Waals surface area contributed by atoms with E-state index >= 15 is 0 Å². The number of nitro benzene ring substituents is 1. The van der Waals surface area contributed by atoms with Crippen molar-refractivity contribution in [3.63, 3.8) is 0 Å². The second-order valence-electron chi connectivity index (χ2n) is 4.22. The zero-order chi connectivity index (χ0) is 15.1. The zero-order valence-corrected chi connectivity index (χ0v) is 11.6. The van der Waals surface area contributed by atoms with Crippen LogP contribution in [0.15, 0.2) is 18.2 Å². The Morgan fingerprint density at radius 2 is 2.05 bits per heavy atom. The standard InChI is InChI=1S/C13H19N3O4/c1-3-15(4-2)9-8-14-12-10(13(17)18)6-5-7-11(12)16(19)20/h5-7,14H,3-4,8-9H2,1-2H3,(H,17,18). The molecule has 1 aromatic rings. The number of para-hydroxylation sites is 1. The molecule has 20 heavy (non-hydrogen) atoms. The Morgan fingerprint density at radius 1 is 1.40 bits per heavy atom. The Hall–Kier alpha value is -2.15. The number of anilines is 1. The topological polar surface area (TPSA) is 95.7 Å². The molecule has 0 heterocycles. The third-order valence-electron chi connectivity index (χ3n) is 3.09. The Morgan fingerprint density at radius 3 is 2.55 bits per heavy atom. The summed E-state index contributed by atoms with van der Waals surface area (Å²) < 4.78 is 0. The predicted octanol–water partition coefficient (Wildman–Crippen LogP) is 2.05. The smallest absolute Gasteiger partial charge is 0.338 e. The summed E-state index contributed by atoms with van der Waals surface area (Å²) in [6.07, 6.45) is 0. The fraction of sp³-hybridized carbons (Fsp3) is 0.462. The average Bonchev–Trinajstić information content (AvgIpc) is 2.43. The van der Waals surface area contributed by atoms with E-state index in [1.165, 1.54) is 18.2 Å². The van der Waals surface area contributed by atoms with Crippen molar-refractivity contribution in [2.45, 2.75) is 13.8 Å². The van der Waals surface area contributed by atoms with E-state index < -0.39 is 10.9 Å². The maximum atomic E-state index is 11.1. The summed E-state index contributed by atoms with van der Waals surface area (Å²) in [6.45, 7) is 6.95. The van der Waals surface area contributed by atoms with Gasteiger partial charge in [-0.15, -0.1) is 0 Å². The second-order valence-corrected chi connectivity index (χ2v) is 4.22. The van der Waals surface area contributed by atoms with Gasteiger partial charge in [0.25, 0.3) is 5.69 Å². The van der Waals surface area contributed by atoms with Crippen LogP contribution in [0.2, 0.25) is 0 Å². The van der Waals surface area contributed by atoms with Crippen molar-refractivity contribution in [1.82, 2.24) is 4.90 Å². The number of benzene rings is 1. The maximum Gasteiger partial charge on any atom is 0.338 e. The molecular weight excluding hydrogens is 262 g/mol. The molecule has 0 saturated carbocycles. The highest BCUT2D eigenvalue weighted by atomic mass is 16.6. The summed E-state index contributed by atoms with van der Waals surface area (Å²) in [5.41, 5.74) is -0.236. The van der Waals surface area contributed by atoms with Gasteiger partial charge in [-0.3, -0.25) is 10.1 Å². The molecule has 1 rings (SSSR count). The van der Waals surface area contributed by atoms with Crippen LogP contribution < -0.4 is 5.32 Å². The lowest BCUT2D eigenvalue weighted by Gasteiger charge is -2.18. The Bertz CT molecular complexity index is 454. The number of nitrogens with zero attached hydrogens (tertiary/aromatic N) is 2. The van der Waals surface area contributed by atoms with Gasteiger partial charge < -0.3 is 15.3 Å². The van der Waals surface area contributed by atoms with Gasteiger partial charge in [-0.2, -0.15) is 0 Å². The molecule has 0 aliphatic rings. The molecule has 0 aromatic heterocycles. The number of rotatable bonds is 8. The molecule has 0 saturated heterocycles. The van der Waals surface area contributed by atoms with Gasteiger partial charge in [0.05, 0.1) is 10.5 Å². The molecule has 0 unspecified atom stereocenters. The Kier molecular flexibility index (Phi) is 5.92. The van der Waals surface area contributed by atoms with Crippen molar-refractivity contribution in [2.24, 2.45) is 0 Å². The molecule has 0 spiro atoms. The third kappa shape index (κ3) is 3.92. The molecule has 110 valence electrons. The number of hydrogen-bond donors (Lipinski definition) is 2. The summed E-state index contributed by atoms with van der Waals surface area (Å²) in [5.74, 6) is -1.18. The van der Waals surface area contributed by atoms with Crippen LogP contribution in [0.1, 0.15) is 24.2 Å². The van der Waals surface area contributed by atoms with Crippen LogP contribution in [0.4, 0.5) is 11.4 Å². The fourth-order valence-electron chi connectivity index (χ4n) is 1.94. The van der Waals surface area contributed by atoms with Crippen LogP contribution >= 0.6 is 0 Å². The Labute approximate surface area is 117 Å². The van der Waals surface area contributed by atoms with Crippen molar-refractivity contribution in [1.29, 1.82) is 0 Å². The van der Waals surface area contributed by atoms with Crippen LogP contribution in [0.5, 0.6) is 0 Å². The number of aromatic carboxylic acids is 1. The average molecular weight is 281 g/mol. The largest absolute Gasteiger partial charge is 0.478 e. The van der Waals surface area contributed by atoms with Crippen molar-refractivity contribution < 1.29 is 14.8 Å². The minimum atomic E-state index is -1.18. The lowest BCUT2D eigenvalue weighted by atomic mass is 10.1. The van der Waals surface area contributed by atoms with Crippen LogP contribution in [0.3, 0.4) is 0 Å². The van der Waals surface area contributed by atoms with Gasteiger partial charge in [0, 0.05) is 19.2 Å². The predicted molar refractivity (Wildman–Crippen MR) is 76.3 cm³/mol. The van der Waals surface area contributed by atoms with E-state index in [4.69, 9.17) is 5.11 Å². The SMILES string of the molecule is CCN(CC)CCNc1c(C(=O)O)cccc1[N+](=O)[O-]. The summed E-state index contributed by atoms with van der Waals surface area (Å²) in [7, 11) is 0. The maximum absolute atomic E-state index is 11.1. The number of hydrogen-bond acceptors (Lipinski definition) is 5. The minimum Gasteiger partial charge on any atom is -0.478 e. The number of nitrogens with one attached hydrogen (secondary N) is 1. The van der Waals surface area contributed by atoms with Crippen molar-refractivity contribution in [2.75, 3.05) is 31.5 Å². The molecule has 7 heteroatoms. The minimum absolute atomic E-state index is 0.0668. The molecule has 0 aliphatic carbocycles. The highest BCUT2D eigenvalue weighted by molar-refractivity contribution is 5.96. The van der Waals surface area contributed by atoms with E-state index in [1.54, 1.807) is 0 Å². The number of carboxylic acids is 1. The van der Waals surface area contributed by atoms with Crippen LogP contribution in [0, 0.1) is 10.1 Å². The fourth-order valence-corrected chi connectivity index (χ4v) is 1.94. The van der Waals surface area contributed by atoms with Gasteiger partial charge in [-0.1, -0.05) is 19.9 Å². The van der Waals surface area contributed by atoms with Crippen LogP contribution in [-0.2, 0) is 0 Å². The molecule has 0 bridgehead atoms. The molecule has 2 N–H and O–H groups in total. The van der Waals surface area contributed by atoms with Crippen molar-refractivity contribution in [3.8, 4) is 0 Å². The first-order valence-corrected chi connectivity index (χ1v) is 6.48. The van der Waals surface area contributed by atoms with E-state index in [-0.39, 0.29) is 16.9 Å². The number of nitro groups is 1. The van der Waals surface area contributed by atoms with Gasteiger partial charge >= 0.3 is 5.97 Å². The first-order chi connectivity index (χ1) is 9.51. The highest BCUT2D eigenvalue weighted by Gasteiger charge is 2.20. The van der Waals surface area contributed by atoms with Gasteiger partial charge in [-0.05, 0) is 19.2 Å². The third-order valence-corrected chi connectivity index (χ3v) is 3.09. The lowest BCUT2D eigenvalue weighted by molar-refractivity contribution is -0.384. The summed E-state index contributed by atoms with van der Waals surface area (Å²) >= 11 is 0. The molecule has 0 atom stereocenters. The summed E-state index contributed by atoms with van der Waals surface area (Å²) in [5, 5.41) is 22.9. The quantitative estimate of drug-likeness (QED) is 0.559. The second kappa shape index (κ2) is 7.44. The monoisotopic (exact) mass is 281 g/mol. The number of likely N-dealkylation sites (N-methyl/N-ethyl adjacent to an activating group) is 1. The van der Waals surface area contributed by atoms with E-state index in [0.717, 1.165) is 13.1 Å². The highest BCUT2D eigenvalue weighted by Crippen LogP contribution is 2.28. The first-order valence-electron chi connectivity index (χ1n) is 6.48. The van der Waals surface area contributed by atoms with Gasteiger partial charge in [-0.25, -0.2) is 4.79 Å². The van der Waals surface area contributed by atoms with Crippen LogP contribution in [-0.4, -0.2) is 47.1 Å². The van der Waals surface area contributed by atoms with Crippen molar-refractivity contribution in [3.05, 3.63) is 33.9 Å². The van der Waals surface area contributed by atoms with E-state index in [9.17, 15) is 14.9 Å². The molecule has 0 radical (unpaired) electrons. The zero-order valence-electron chi connectivity index (χ0n) is 11.6. The Balaban J connectivity index is 2.91. The molecule has 7 nitrogen and oxygen atoms in total. The van der Waals surface area contributed by atoms with E-state index in [0.29, 0.717) is 13.1 Å².